The third kappa shape index (κ3) is 2.69. The molecule has 1 aromatic carbocycles. The minimum atomic E-state index is -3.74. The SMILES string of the molecule is N#CC(C#N)=C1C=C(c2ccccc2)S(=O)(=O)C(c2cccs2)=C1. The Hall–Kier alpha value is -2.93. The summed E-state index contributed by atoms with van der Waals surface area (Å²) < 4.78 is 26.1. The van der Waals surface area contributed by atoms with Crippen molar-refractivity contribution in [3.8, 4) is 12.1 Å². The Morgan fingerprint density at radius 2 is 1.58 bits per heavy atom. The topological polar surface area (TPSA) is 81.7 Å². The fourth-order valence-corrected chi connectivity index (χ4v) is 5.05. The summed E-state index contributed by atoms with van der Waals surface area (Å²) in [4.78, 5) is 0.771. The predicted molar refractivity (Wildman–Crippen MR) is 93.9 cm³/mol. The van der Waals surface area contributed by atoms with Gasteiger partial charge in [0.1, 0.15) is 17.7 Å². The number of hydrogen-bond acceptors (Lipinski definition) is 5. The quantitative estimate of drug-likeness (QED) is 0.769. The van der Waals surface area contributed by atoms with E-state index >= 15 is 0 Å². The highest BCUT2D eigenvalue weighted by atomic mass is 32.2. The van der Waals surface area contributed by atoms with Gasteiger partial charge in [0.2, 0.25) is 9.84 Å². The van der Waals surface area contributed by atoms with Gasteiger partial charge in [-0.05, 0) is 29.2 Å². The van der Waals surface area contributed by atoms with Gasteiger partial charge < -0.3 is 0 Å². The van der Waals surface area contributed by atoms with Crippen LogP contribution < -0.4 is 0 Å². The molecule has 6 heteroatoms. The molecule has 1 aromatic heterocycles. The highest BCUT2D eigenvalue weighted by Crippen LogP contribution is 2.40. The van der Waals surface area contributed by atoms with Gasteiger partial charge in [-0.25, -0.2) is 8.42 Å². The summed E-state index contributed by atoms with van der Waals surface area (Å²) in [7, 11) is -3.74. The van der Waals surface area contributed by atoms with Crippen LogP contribution in [-0.2, 0) is 9.84 Å². The summed E-state index contributed by atoms with van der Waals surface area (Å²) in [5.74, 6) is 0. The average Bonchev–Trinajstić information content (AvgIpc) is 3.11. The third-order valence-electron chi connectivity index (χ3n) is 3.49. The van der Waals surface area contributed by atoms with E-state index in [-0.39, 0.29) is 15.4 Å². The Morgan fingerprint density at radius 3 is 2.17 bits per heavy atom. The molecule has 0 radical (unpaired) electrons. The van der Waals surface area contributed by atoms with Crippen LogP contribution in [0.3, 0.4) is 0 Å². The fourth-order valence-electron chi connectivity index (χ4n) is 2.36. The first-order valence-electron chi connectivity index (χ1n) is 6.90. The lowest BCUT2D eigenvalue weighted by molar-refractivity contribution is 0.614. The molecule has 1 aliphatic rings. The summed E-state index contributed by atoms with van der Waals surface area (Å²) in [6.07, 6.45) is 2.79. The molecule has 116 valence electrons. The van der Waals surface area contributed by atoms with Crippen LogP contribution in [0.2, 0.25) is 0 Å². The molecule has 0 saturated heterocycles. The second-order valence-electron chi connectivity index (χ2n) is 4.92. The third-order valence-corrected chi connectivity index (χ3v) is 6.37. The molecule has 0 spiro atoms. The zero-order valence-electron chi connectivity index (χ0n) is 12.3. The molecule has 0 N–H and O–H groups in total. The summed E-state index contributed by atoms with van der Waals surface area (Å²) in [6.45, 7) is 0. The number of allylic oxidation sites excluding steroid dienone is 4. The Kier molecular flexibility index (Phi) is 4.18. The summed E-state index contributed by atoms with van der Waals surface area (Å²) >= 11 is 1.29. The van der Waals surface area contributed by atoms with Gasteiger partial charge in [0.15, 0.2) is 0 Å². The molecule has 0 saturated carbocycles. The lowest BCUT2D eigenvalue weighted by atomic mass is 10.1. The maximum Gasteiger partial charge on any atom is 0.208 e. The molecule has 0 atom stereocenters. The predicted octanol–water partition coefficient (Wildman–Crippen LogP) is 3.90. The van der Waals surface area contributed by atoms with Crippen molar-refractivity contribution in [2.75, 3.05) is 0 Å². The molecule has 2 aromatic rings. The number of nitrogens with zero attached hydrogens (tertiary/aromatic N) is 2. The molecule has 0 unspecified atom stereocenters. The van der Waals surface area contributed by atoms with Crippen molar-refractivity contribution in [1.29, 1.82) is 10.5 Å². The van der Waals surface area contributed by atoms with Crippen LogP contribution in [-0.4, -0.2) is 8.42 Å². The first-order valence-corrected chi connectivity index (χ1v) is 9.26. The Bertz CT molecular complexity index is 1040. The first kappa shape index (κ1) is 15.9. The average molecular weight is 350 g/mol. The number of benzene rings is 1. The van der Waals surface area contributed by atoms with Gasteiger partial charge in [-0.1, -0.05) is 36.4 Å². The van der Waals surface area contributed by atoms with Gasteiger partial charge >= 0.3 is 0 Å². The van der Waals surface area contributed by atoms with E-state index in [4.69, 9.17) is 10.5 Å². The molecule has 4 nitrogen and oxygen atoms in total. The standard InChI is InChI=1S/C18H10N2O2S2/c19-11-15(12-20)14-9-17(13-5-2-1-3-6-13)24(21,22)18(10-14)16-7-4-8-23-16/h1-10H. The maximum absolute atomic E-state index is 13.0. The summed E-state index contributed by atoms with van der Waals surface area (Å²) in [6, 6.07) is 15.8. The van der Waals surface area contributed by atoms with E-state index in [9.17, 15) is 8.42 Å². The second kappa shape index (κ2) is 6.29. The molecular weight excluding hydrogens is 340 g/mol. The van der Waals surface area contributed by atoms with Crippen LogP contribution in [0.1, 0.15) is 10.4 Å². The van der Waals surface area contributed by atoms with Crippen LogP contribution >= 0.6 is 11.3 Å². The summed E-state index contributed by atoms with van der Waals surface area (Å²) in [5.41, 5.74) is 0.705. The zero-order valence-corrected chi connectivity index (χ0v) is 13.9. The van der Waals surface area contributed by atoms with Crippen molar-refractivity contribution in [2.45, 2.75) is 0 Å². The zero-order chi connectivity index (χ0) is 17.2. The van der Waals surface area contributed by atoms with Gasteiger partial charge in [-0.15, -0.1) is 11.3 Å². The van der Waals surface area contributed by atoms with Gasteiger partial charge in [0.05, 0.1) is 9.81 Å². The number of rotatable bonds is 2. The normalized spacial score (nSPS) is 15.7. The molecular formula is C18H10N2O2S2. The highest BCUT2D eigenvalue weighted by Gasteiger charge is 2.31. The molecule has 1 aliphatic heterocycles. The fraction of sp³-hybridized carbons (Fsp3) is 0. The van der Waals surface area contributed by atoms with E-state index in [1.807, 2.05) is 12.1 Å². The van der Waals surface area contributed by atoms with E-state index in [2.05, 4.69) is 0 Å². The largest absolute Gasteiger partial charge is 0.218 e. The van der Waals surface area contributed by atoms with E-state index < -0.39 is 9.84 Å². The maximum atomic E-state index is 13.0. The molecule has 0 aliphatic carbocycles. The van der Waals surface area contributed by atoms with E-state index in [0.29, 0.717) is 16.0 Å². The Balaban J connectivity index is 2.33. The first-order chi connectivity index (χ1) is 11.6. The van der Waals surface area contributed by atoms with E-state index in [1.165, 1.54) is 23.5 Å². The monoisotopic (exact) mass is 350 g/mol. The van der Waals surface area contributed by atoms with Crippen molar-refractivity contribution in [1.82, 2.24) is 0 Å². The number of hydrogen-bond donors (Lipinski definition) is 0. The molecule has 0 bridgehead atoms. The van der Waals surface area contributed by atoms with Crippen LogP contribution in [0.4, 0.5) is 0 Å². The van der Waals surface area contributed by atoms with Crippen LogP contribution in [0.15, 0.2) is 71.1 Å². The van der Waals surface area contributed by atoms with Gasteiger partial charge in [-0.2, -0.15) is 10.5 Å². The van der Waals surface area contributed by atoms with Crippen molar-refractivity contribution in [3.63, 3.8) is 0 Å². The van der Waals surface area contributed by atoms with Gasteiger partial charge in [0, 0.05) is 10.5 Å². The number of nitriles is 2. The summed E-state index contributed by atoms with van der Waals surface area (Å²) in [5, 5.41) is 20.1. The van der Waals surface area contributed by atoms with E-state index in [1.54, 1.807) is 47.8 Å². The molecule has 24 heavy (non-hydrogen) atoms. The number of sulfone groups is 1. The van der Waals surface area contributed by atoms with Crippen LogP contribution in [0, 0.1) is 22.7 Å². The lowest BCUT2D eigenvalue weighted by Gasteiger charge is -2.17. The van der Waals surface area contributed by atoms with E-state index in [0.717, 1.165) is 0 Å². The van der Waals surface area contributed by atoms with Gasteiger partial charge in [-0.3, -0.25) is 0 Å². The second-order valence-corrected chi connectivity index (χ2v) is 7.75. The minimum Gasteiger partial charge on any atom is -0.218 e. The number of thiophene rings is 1. The van der Waals surface area contributed by atoms with Crippen molar-refractivity contribution in [3.05, 3.63) is 81.6 Å². The molecule has 0 fully saturated rings. The lowest BCUT2D eigenvalue weighted by Crippen LogP contribution is -2.10. The van der Waals surface area contributed by atoms with Gasteiger partial charge in [0.25, 0.3) is 0 Å². The Morgan fingerprint density at radius 1 is 0.917 bits per heavy atom. The smallest absolute Gasteiger partial charge is 0.208 e. The van der Waals surface area contributed by atoms with Crippen molar-refractivity contribution >= 4 is 31.0 Å². The minimum absolute atomic E-state index is 0.0898. The molecule has 2 heterocycles. The molecule has 3 rings (SSSR count). The Labute approximate surface area is 143 Å². The molecule has 0 amide bonds. The van der Waals surface area contributed by atoms with Crippen LogP contribution in [0.5, 0.6) is 0 Å². The van der Waals surface area contributed by atoms with Crippen molar-refractivity contribution in [2.24, 2.45) is 0 Å². The van der Waals surface area contributed by atoms with Crippen LogP contribution in [0.25, 0.3) is 9.81 Å². The van der Waals surface area contributed by atoms with Crippen molar-refractivity contribution < 1.29 is 8.42 Å². The highest BCUT2D eigenvalue weighted by molar-refractivity contribution is 8.09.